The molecule has 3 atom stereocenters. The van der Waals surface area contributed by atoms with Crippen molar-refractivity contribution in [1.82, 2.24) is 0 Å². The molecule has 3 unspecified atom stereocenters. The van der Waals surface area contributed by atoms with E-state index >= 15 is 0 Å². The summed E-state index contributed by atoms with van der Waals surface area (Å²) in [5.41, 5.74) is 0. The highest BCUT2D eigenvalue weighted by Gasteiger charge is 2.45. The van der Waals surface area contributed by atoms with Gasteiger partial charge >= 0.3 is 0 Å². The van der Waals surface area contributed by atoms with Gasteiger partial charge in [0.15, 0.2) is 0 Å². The smallest absolute Gasteiger partial charge is 0.0634 e. The predicted molar refractivity (Wildman–Crippen MR) is 40.8 cm³/mol. The fourth-order valence-electron chi connectivity index (χ4n) is 2.32. The van der Waals surface area contributed by atoms with E-state index in [4.69, 9.17) is 4.74 Å². The lowest BCUT2D eigenvalue weighted by atomic mass is 9.67. The van der Waals surface area contributed by atoms with Gasteiger partial charge in [-0.25, -0.2) is 0 Å². The lowest BCUT2D eigenvalue weighted by molar-refractivity contribution is -0.0463. The molecule has 1 saturated carbocycles. The number of fused-ring (bicyclic) bond motifs is 1. The Labute approximate surface area is 62.8 Å². The number of hydrogen-bond acceptors (Lipinski definition) is 1. The van der Waals surface area contributed by atoms with Gasteiger partial charge in [-0.2, -0.15) is 0 Å². The fourth-order valence-corrected chi connectivity index (χ4v) is 2.32. The summed E-state index contributed by atoms with van der Waals surface area (Å²) >= 11 is 0. The Morgan fingerprint density at radius 1 is 1.40 bits per heavy atom. The van der Waals surface area contributed by atoms with Gasteiger partial charge in [0, 0.05) is 6.61 Å². The minimum absolute atomic E-state index is 0.653. The molecule has 2 rings (SSSR count). The maximum atomic E-state index is 5.63. The number of rotatable bonds is 1. The van der Waals surface area contributed by atoms with Crippen LogP contribution in [-0.2, 0) is 4.74 Å². The summed E-state index contributed by atoms with van der Waals surface area (Å²) in [6.45, 7) is 5.64. The molecule has 0 aromatic carbocycles. The zero-order chi connectivity index (χ0) is 7.14. The van der Waals surface area contributed by atoms with Crippen LogP contribution < -0.4 is 0 Å². The third kappa shape index (κ3) is 0.800. The first-order valence-electron chi connectivity index (χ1n) is 4.40. The minimum atomic E-state index is 0.653. The first kappa shape index (κ1) is 6.66. The molecule has 2 aliphatic rings. The predicted octanol–water partition coefficient (Wildman–Crippen LogP) is 2.07. The van der Waals surface area contributed by atoms with Crippen LogP contribution >= 0.6 is 0 Å². The van der Waals surface area contributed by atoms with E-state index < -0.39 is 0 Å². The van der Waals surface area contributed by atoms with Crippen molar-refractivity contribution in [2.75, 3.05) is 6.61 Å². The van der Waals surface area contributed by atoms with E-state index in [1.165, 1.54) is 12.8 Å². The molecule has 0 bridgehead atoms. The first-order chi connectivity index (χ1) is 4.79. The van der Waals surface area contributed by atoms with Crippen molar-refractivity contribution in [3.05, 3.63) is 0 Å². The molecule has 1 heteroatoms. The average Bonchev–Trinajstić information content (AvgIpc) is 2.11. The molecule has 1 nitrogen and oxygen atoms in total. The van der Waals surface area contributed by atoms with Crippen molar-refractivity contribution >= 4 is 0 Å². The van der Waals surface area contributed by atoms with Crippen molar-refractivity contribution in [3.63, 3.8) is 0 Å². The molecule has 0 radical (unpaired) electrons. The van der Waals surface area contributed by atoms with Gasteiger partial charge in [-0.1, -0.05) is 13.8 Å². The Balaban J connectivity index is 1.94. The Bertz CT molecular complexity index is 131. The minimum Gasteiger partial charge on any atom is -0.378 e. The molecule has 1 heterocycles. The molecule has 0 N–H and O–H groups in total. The van der Waals surface area contributed by atoms with Gasteiger partial charge in [-0.05, 0) is 30.6 Å². The summed E-state index contributed by atoms with van der Waals surface area (Å²) < 4.78 is 5.63. The van der Waals surface area contributed by atoms with Crippen LogP contribution in [0.1, 0.15) is 26.7 Å². The topological polar surface area (TPSA) is 9.23 Å². The summed E-state index contributed by atoms with van der Waals surface area (Å²) in [5, 5.41) is 0. The van der Waals surface area contributed by atoms with Crippen LogP contribution in [0.15, 0.2) is 0 Å². The van der Waals surface area contributed by atoms with Crippen molar-refractivity contribution in [2.24, 2.45) is 17.8 Å². The highest BCUT2D eigenvalue weighted by atomic mass is 16.5. The maximum absolute atomic E-state index is 5.63. The van der Waals surface area contributed by atoms with Crippen LogP contribution in [0.25, 0.3) is 0 Å². The highest BCUT2D eigenvalue weighted by molar-refractivity contribution is 4.94. The zero-order valence-corrected chi connectivity index (χ0v) is 6.84. The molecule has 1 aliphatic heterocycles. The molecule has 0 aromatic rings. The largest absolute Gasteiger partial charge is 0.378 e. The zero-order valence-electron chi connectivity index (χ0n) is 6.84. The summed E-state index contributed by atoms with van der Waals surface area (Å²) in [4.78, 5) is 0. The number of hydrogen-bond donors (Lipinski definition) is 0. The lowest BCUT2D eigenvalue weighted by Gasteiger charge is -2.41. The van der Waals surface area contributed by atoms with Crippen LogP contribution in [0.4, 0.5) is 0 Å². The summed E-state index contributed by atoms with van der Waals surface area (Å²) in [6.07, 6.45) is 3.41. The van der Waals surface area contributed by atoms with Crippen molar-refractivity contribution < 1.29 is 4.74 Å². The first-order valence-corrected chi connectivity index (χ1v) is 4.40. The Kier molecular flexibility index (Phi) is 1.48. The van der Waals surface area contributed by atoms with Gasteiger partial charge in [-0.3, -0.25) is 0 Å². The van der Waals surface area contributed by atoms with Crippen LogP contribution in [0.3, 0.4) is 0 Å². The van der Waals surface area contributed by atoms with Gasteiger partial charge in [0.1, 0.15) is 0 Å². The molecule has 0 spiro atoms. The normalized spacial score (nSPS) is 45.3. The summed E-state index contributed by atoms with van der Waals surface area (Å²) in [6, 6.07) is 0. The third-order valence-corrected chi connectivity index (χ3v) is 3.12. The molecule has 0 amide bonds. The molecule has 1 saturated heterocycles. The van der Waals surface area contributed by atoms with E-state index in [9.17, 15) is 0 Å². The average molecular weight is 140 g/mol. The van der Waals surface area contributed by atoms with Gasteiger partial charge in [0.05, 0.1) is 6.10 Å². The lowest BCUT2D eigenvalue weighted by Crippen LogP contribution is -2.41. The van der Waals surface area contributed by atoms with E-state index in [1.54, 1.807) is 0 Å². The Morgan fingerprint density at radius 2 is 2.20 bits per heavy atom. The highest BCUT2D eigenvalue weighted by Crippen LogP contribution is 2.46. The summed E-state index contributed by atoms with van der Waals surface area (Å²) in [7, 11) is 0. The van der Waals surface area contributed by atoms with Crippen molar-refractivity contribution in [3.8, 4) is 0 Å². The van der Waals surface area contributed by atoms with Gasteiger partial charge in [0.25, 0.3) is 0 Å². The van der Waals surface area contributed by atoms with E-state index in [-0.39, 0.29) is 0 Å². The molecule has 0 aromatic heterocycles. The second kappa shape index (κ2) is 2.23. The molecule has 1 aliphatic carbocycles. The SMILES string of the molecule is CC(C)C1CC2CCOC21. The molecule has 2 fully saturated rings. The molecular formula is C9H16O. The fraction of sp³-hybridized carbons (Fsp3) is 1.00. The van der Waals surface area contributed by atoms with E-state index in [1.807, 2.05) is 0 Å². The van der Waals surface area contributed by atoms with Crippen molar-refractivity contribution in [2.45, 2.75) is 32.8 Å². The van der Waals surface area contributed by atoms with Gasteiger partial charge in [0.2, 0.25) is 0 Å². The monoisotopic (exact) mass is 140 g/mol. The van der Waals surface area contributed by atoms with Crippen molar-refractivity contribution in [1.29, 1.82) is 0 Å². The van der Waals surface area contributed by atoms with Crippen LogP contribution in [-0.4, -0.2) is 12.7 Å². The van der Waals surface area contributed by atoms with Crippen LogP contribution in [0.5, 0.6) is 0 Å². The van der Waals surface area contributed by atoms with Crippen LogP contribution in [0, 0.1) is 17.8 Å². The Morgan fingerprint density at radius 3 is 2.80 bits per heavy atom. The second-order valence-electron chi connectivity index (χ2n) is 4.03. The summed E-state index contributed by atoms with van der Waals surface area (Å²) in [5.74, 6) is 2.65. The second-order valence-corrected chi connectivity index (χ2v) is 4.03. The van der Waals surface area contributed by atoms with E-state index in [2.05, 4.69) is 13.8 Å². The van der Waals surface area contributed by atoms with Gasteiger partial charge < -0.3 is 4.74 Å². The van der Waals surface area contributed by atoms with E-state index in [0.717, 1.165) is 24.4 Å². The van der Waals surface area contributed by atoms with Crippen LogP contribution in [0.2, 0.25) is 0 Å². The molecular weight excluding hydrogens is 124 g/mol. The molecule has 58 valence electrons. The van der Waals surface area contributed by atoms with Gasteiger partial charge in [-0.15, -0.1) is 0 Å². The molecule has 10 heavy (non-hydrogen) atoms. The third-order valence-electron chi connectivity index (χ3n) is 3.12. The number of ether oxygens (including phenoxy) is 1. The standard InChI is InChI=1S/C9H16O/c1-6(2)8-5-7-3-4-10-9(7)8/h6-9H,3-5H2,1-2H3. The van der Waals surface area contributed by atoms with E-state index in [0.29, 0.717) is 6.10 Å². The quantitative estimate of drug-likeness (QED) is 0.541. The maximum Gasteiger partial charge on any atom is 0.0634 e. The Hall–Kier alpha value is -0.0400.